The highest BCUT2D eigenvalue weighted by molar-refractivity contribution is 6.31. The van der Waals surface area contributed by atoms with Crippen molar-refractivity contribution in [1.82, 2.24) is 14.8 Å². The summed E-state index contributed by atoms with van der Waals surface area (Å²) in [6.07, 6.45) is -3.16. The number of aromatic nitrogens is 1. The molecular formula is C29H26ClF3N4O2. The van der Waals surface area contributed by atoms with Crippen molar-refractivity contribution < 1.29 is 23.1 Å². The molecule has 1 fully saturated rings. The van der Waals surface area contributed by atoms with Crippen molar-refractivity contribution in [2.24, 2.45) is 0 Å². The average molecular weight is 555 g/mol. The third-order valence-electron chi connectivity index (χ3n) is 6.91. The number of rotatable bonds is 5. The number of fused-ring (bicyclic) bond motifs is 1. The summed E-state index contributed by atoms with van der Waals surface area (Å²) in [7, 11) is 2.00. The summed E-state index contributed by atoms with van der Waals surface area (Å²) in [6, 6.07) is 15.2. The quantitative estimate of drug-likeness (QED) is 0.307. The molecule has 2 N–H and O–H groups in total. The Kier molecular flexibility index (Phi) is 7.48. The summed E-state index contributed by atoms with van der Waals surface area (Å²) >= 11 is 6.15. The molecule has 1 aliphatic rings. The van der Waals surface area contributed by atoms with Gasteiger partial charge < -0.3 is 20.2 Å². The zero-order valence-corrected chi connectivity index (χ0v) is 21.9. The molecule has 0 saturated carbocycles. The van der Waals surface area contributed by atoms with E-state index in [1.807, 2.05) is 7.05 Å². The smallest absolute Gasteiger partial charge is 0.392 e. The van der Waals surface area contributed by atoms with Gasteiger partial charge in [-0.25, -0.2) is 0 Å². The van der Waals surface area contributed by atoms with Crippen molar-refractivity contribution in [1.29, 1.82) is 0 Å². The lowest BCUT2D eigenvalue weighted by Gasteiger charge is -2.32. The molecule has 0 unspecified atom stereocenters. The van der Waals surface area contributed by atoms with E-state index in [1.165, 1.54) is 12.3 Å². The fraction of sp³-hybridized carbons (Fsp3) is 0.241. The van der Waals surface area contributed by atoms with E-state index in [4.69, 9.17) is 11.6 Å². The molecule has 10 heteroatoms. The van der Waals surface area contributed by atoms with E-state index < -0.39 is 11.7 Å². The Morgan fingerprint density at radius 3 is 2.41 bits per heavy atom. The van der Waals surface area contributed by atoms with Gasteiger partial charge in [-0.2, -0.15) is 13.2 Å². The van der Waals surface area contributed by atoms with Crippen molar-refractivity contribution in [3.05, 3.63) is 88.6 Å². The third-order valence-corrected chi connectivity index (χ3v) is 7.14. The van der Waals surface area contributed by atoms with Crippen LogP contribution in [0.25, 0.3) is 22.0 Å². The lowest BCUT2D eigenvalue weighted by molar-refractivity contribution is -0.137. The molecule has 6 nitrogen and oxygen atoms in total. The Labute approximate surface area is 228 Å². The van der Waals surface area contributed by atoms with Crippen LogP contribution in [-0.2, 0) is 12.8 Å². The van der Waals surface area contributed by atoms with Gasteiger partial charge in [-0.15, -0.1) is 0 Å². The number of pyridine rings is 1. The van der Waals surface area contributed by atoms with Gasteiger partial charge in [0.05, 0.1) is 23.4 Å². The van der Waals surface area contributed by atoms with Crippen LogP contribution in [0.5, 0.6) is 0 Å². The van der Waals surface area contributed by atoms with E-state index >= 15 is 0 Å². The maximum Gasteiger partial charge on any atom is 0.417 e. The number of likely N-dealkylation sites (N-methyl/N-ethyl adjacent to an activating group) is 1. The van der Waals surface area contributed by atoms with Gasteiger partial charge in [0.1, 0.15) is 0 Å². The molecule has 3 aromatic carbocycles. The number of alkyl halides is 3. The first kappa shape index (κ1) is 26.9. The molecule has 0 aliphatic carbocycles. The number of anilines is 2. The number of nitrogens with one attached hydrogen (secondary N) is 1. The van der Waals surface area contributed by atoms with Crippen molar-refractivity contribution in [2.45, 2.75) is 12.8 Å². The highest BCUT2D eigenvalue weighted by atomic mass is 35.5. The van der Waals surface area contributed by atoms with E-state index in [-0.39, 0.29) is 23.8 Å². The SMILES string of the molecule is CN1CCN(C(=O)c2ccc(-c3ccc(Nc4c(CO)cnc5ccc(Cl)cc45)cc3C(F)(F)F)cc2)CC1. The molecule has 1 aliphatic heterocycles. The van der Waals surface area contributed by atoms with Crippen molar-refractivity contribution in [3.8, 4) is 11.1 Å². The lowest BCUT2D eigenvalue weighted by Crippen LogP contribution is -2.47. The fourth-order valence-electron chi connectivity index (χ4n) is 4.71. The molecular weight excluding hydrogens is 529 g/mol. The van der Waals surface area contributed by atoms with Gasteiger partial charge in [0, 0.05) is 59.6 Å². The van der Waals surface area contributed by atoms with Crippen LogP contribution in [0.15, 0.2) is 66.9 Å². The second kappa shape index (κ2) is 10.8. The number of amides is 1. The van der Waals surface area contributed by atoms with Gasteiger partial charge in [0.25, 0.3) is 5.91 Å². The summed E-state index contributed by atoms with van der Waals surface area (Å²) in [4.78, 5) is 21.0. The Morgan fingerprint density at radius 2 is 1.74 bits per heavy atom. The first-order valence-electron chi connectivity index (χ1n) is 12.4. The normalized spacial score (nSPS) is 14.6. The Balaban J connectivity index is 1.47. The summed E-state index contributed by atoms with van der Waals surface area (Å²) in [6.45, 7) is 2.42. The number of carbonyl (C=O) groups excluding carboxylic acids is 1. The van der Waals surface area contributed by atoms with Crippen molar-refractivity contribution >= 4 is 39.8 Å². The minimum absolute atomic E-state index is 0.00309. The Bertz CT molecular complexity index is 1520. The van der Waals surface area contributed by atoms with Crippen LogP contribution in [-0.4, -0.2) is 59.0 Å². The second-order valence-corrected chi connectivity index (χ2v) is 9.97. The summed E-state index contributed by atoms with van der Waals surface area (Å²) in [5.74, 6) is -0.130. The number of halogens is 4. The Morgan fingerprint density at radius 1 is 1.03 bits per heavy atom. The lowest BCUT2D eigenvalue weighted by atomic mass is 9.97. The first-order valence-corrected chi connectivity index (χ1v) is 12.8. The van der Waals surface area contributed by atoms with Crippen LogP contribution in [0.3, 0.4) is 0 Å². The molecule has 2 heterocycles. The van der Waals surface area contributed by atoms with Crippen LogP contribution in [0.2, 0.25) is 5.02 Å². The van der Waals surface area contributed by atoms with Gasteiger partial charge in [0.2, 0.25) is 0 Å². The molecule has 0 atom stereocenters. The zero-order chi connectivity index (χ0) is 27.7. The zero-order valence-electron chi connectivity index (χ0n) is 21.1. The monoisotopic (exact) mass is 554 g/mol. The molecule has 202 valence electrons. The molecule has 0 radical (unpaired) electrons. The minimum Gasteiger partial charge on any atom is -0.392 e. The molecule has 4 aromatic rings. The molecule has 0 bridgehead atoms. The topological polar surface area (TPSA) is 68.7 Å². The average Bonchev–Trinajstić information content (AvgIpc) is 2.93. The van der Waals surface area contributed by atoms with Crippen LogP contribution < -0.4 is 5.32 Å². The second-order valence-electron chi connectivity index (χ2n) is 9.53. The third kappa shape index (κ3) is 5.71. The van der Waals surface area contributed by atoms with Crippen LogP contribution in [0.1, 0.15) is 21.5 Å². The summed E-state index contributed by atoms with van der Waals surface area (Å²) < 4.78 is 42.7. The number of aliphatic hydroxyl groups is 1. The van der Waals surface area contributed by atoms with Crippen LogP contribution >= 0.6 is 11.6 Å². The van der Waals surface area contributed by atoms with Gasteiger partial charge in [-0.3, -0.25) is 9.78 Å². The van der Waals surface area contributed by atoms with Gasteiger partial charge in [-0.05, 0) is 60.6 Å². The molecule has 1 saturated heterocycles. The maximum atomic E-state index is 14.2. The number of nitrogens with zero attached hydrogens (tertiary/aromatic N) is 3. The number of carbonyl (C=O) groups is 1. The fourth-order valence-corrected chi connectivity index (χ4v) is 4.88. The number of aliphatic hydroxyl groups excluding tert-OH is 1. The Hall–Kier alpha value is -3.66. The van der Waals surface area contributed by atoms with E-state index in [0.29, 0.717) is 51.4 Å². The number of hydrogen-bond acceptors (Lipinski definition) is 5. The van der Waals surface area contributed by atoms with E-state index in [2.05, 4.69) is 15.2 Å². The number of hydrogen-bond donors (Lipinski definition) is 2. The largest absolute Gasteiger partial charge is 0.417 e. The molecule has 1 amide bonds. The van der Waals surface area contributed by atoms with Crippen LogP contribution in [0.4, 0.5) is 24.5 Å². The van der Waals surface area contributed by atoms with Gasteiger partial charge >= 0.3 is 6.18 Å². The summed E-state index contributed by atoms with van der Waals surface area (Å²) in [5.41, 5.74) is 1.58. The first-order chi connectivity index (χ1) is 18.6. The maximum absolute atomic E-state index is 14.2. The van der Waals surface area contributed by atoms with Crippen molar-refractivity contribution in [2.75, 3.05) is 38.5 Å². The van der Waals surface area contributed by atoms with Gasteiger partial charge in [-0.1, -0.05) is 29.8 Å². The standard InChI is InChI=1S/C29H26ClF3N4O2/c1-36-10-12-37(13-11-36)28(39)19-4-2-18(3-5-19)23-8-7-22(15-25(23)29(31,32)33)35-27-20(17-38)16-34-26-9-6-21(30)14-24(26)27/h2-9,14-16,38H,10-13,17H2,1H3,(H,34,35). The van der Waals surface area contributed by atoms with E-state index in [9.17, 15) is 23.1 Å². The van der Waals surface area contributed by atoms with Crippen LogP contribution in [0, 0.1) is 0 Å². The van der Waals surface area contributed by atoms with E-state index in [1.54, 1.807) is 53.4 Å². The molecule has 5 rings (SSSR count). The highest BCUT2D eigenvalue weighted by Crippen LogP contribution is 2.40. The highest BCUT2D eigenvalue weighted by Gasteiger charge is 2.34. The molecule has 0 spiro atoms. The number of benzene rings is 3. The van der Waals surface area contributed by atoms with Crippen molar-refractivity contribution in [3.63, 3.8) is 0 Å². The number of piperazine rings is 1. The predicted molar refractivity (Wildman–Crippen MR) is 146 cm³/mol. The minimum atomic E-state index is -4.63. The molecule has 39 heavy (non-hydrogen) atoms. The summed E-state index contributed by atoms with van der Waals surface area (Å²) in [5, 5.41) is 13.9. The van der Waals surface area contributed by atoms with E-state index in [0.717, 1.165) is 19.2 Å². The predicted octanol–water partition coefficient (Wildman–Crippen LogP) is 6.20. The van der Waals surface area contributed by atoms with Gasteiger partial charge in [0.15, 0.2) is 0 Å². The molecule has 1 aromatic heterocycles.